The van der Waals surface area contributed by atoms with Crippen LogP contribution in [-0.4, -0.2) is 41.9 Å². The molecule has 6 heteroatoms. The Morgan fingerprint density at radius 2 is 1.64 bits per heavy atom. The van der Waals surface area contributed by atoms with Gasteiger partial charge in [0.25, 0.3) is 0 Å². The minimum Gasteiger partial charge on any atom is -0.344 e. The molecule has 0 unspecified atom stereocenters. The van der Waals surface area contributed by atoms with Gasteiger partial charge in [-0.1, -0.05) is 52.3 Å². The predicted molar refractivity (Wildman–Crippen MR) is 106 cm³/mol. The largest absolute Gasteiger partial charge is 0.344 e. The molecule has 1 aliphatic rings. The van der Waals surface area contributed by atoms with Crippen LogP contribution in [0.2, 0.25) is 0 Å². The van der Waals surface area contributed by atoms with E-state index in [1.807, 2.05) is 27.7 Å². The lowest BCUT2D eigenvalue weighted by Crippen LogP contribution is -2.53. The van der Waals surface area contributed by atoms with Crippen LogP contribution in [0, 0.1) is 17.8 Å². The summed E-state index contributed by atoms with van der Waals surface area (Å²) < 4.78 is 0. The van der Waals surface area contributed by atoms with Gasteiger partial charge in [-0.2, -0.15) is 0 Å². The summed E-state index contributed by atoms with van der Waals surface area (Å²) in [5.41, 5.74) is 5.77. The average molecular weight is 372 g/mol. The molecule has 25 heavy (non-hydrogen) atoms. The third kappa shape index (κ3) is 7.67. The molecule has 1 saturated carbocycles. The van der Waals surface area contributed by atoms with E-state index in [1.165, 1.54) is 11.8 Å². The van der Waals surface area contributed by atoms with Crippen LogP contribution in [0.25, 0.3) is 0 Å². The molecular weight excluding hydrogens is 334 g/mol. The second kappa shape index (κ2) is 11.2. The number of amides is 1. The Morgan fingerprint density at radius 1 is 1.08 bits per heavy atom. The molecule has 1 aliphatic carbocycles. The van der Waals surface area contributed by atoms with Crippen molar-refractivity contribution in [2.24, 2.45) is 23.5 Å². The molecule has 0 aromatic rings. The molecule has 0 bridgehead atoms. The molecular formula is C19H37N3O2S. The summed E-state index contributed by atoms with van der Waals surface area (Å²) in [4.78, 5) is 25.1. The molecule has 0 heterocycles. The van der Waals surface area contributed by atoms with Crippen LogP contribution in [0.15, 0.2) is 0 Å². The maximum absolute atomic E-state index is 12.7. The molecule has 0 aliphatic heterocycles. The lowest BCUT2D eigenvalue weighted by atomic mass is 9.79. The average Bonchev–Trinajstić information content (AvgIpc) is 2.58. The molecule has 1 fully saturated rings. The number of rotatable bonds is 9. The third-order valence-electron chi connectivity index (χ3n) is 5.13. The molecule has 4 N–H and O–H groups in total. The van der Waals surface area contributed by atoms with E-state index >= 15 is 0 Å². The highest BCUT2D eigenvalue weighted by Crippen LogP contribution is 2.31. The molecule has 146 valence electrons. The highest BCUT2D eigenvalue weighted by atomic mass is 32.2. The Bertz CT molecular complexity index is 421. The Kier molecular flexibility index (Phi) is 10.1. The second-order valence-electron chi connectivity index (χ2n) is 7.99. The van der Waals surface area contributed by atoms with E-state index in [9.17, 15) is 9.59 Å². The van der Waals surface area contributed by atoms with E-state index in [-0.39, 0.29) is 29.0 Å². The maximum Gasteiger partial charge on any atom is 0.238 e. The quantitative estimate of drug-likeness (QED) is 0.580. The predicted octanol–water partition coefficient (Wildman–Crippen LogP) is 2.54. The van der Waals surface area contributed by atoms with Crippen molar-refractivity contribution in [3.05, 3.63) is 0 Å². The summed E-state index contributed by atoms with van der Waals surface area (Å²) in [6.07, 6.45) is 7.02. The van der Waals surface area contributed by atoms with E-state index in [0.29, 0.717) is 11.8 Å². The van der Waals surface area contributed by atoms with Crippen molar-refractivity contribution in [3.8, 4) is 0 Å². The Labute approximate surface area is 157 Å². The summed E-state index contributed by atoms with van der Waals surface area (Å²) in [5, 5.41) is 6.40. The van der Waals surface area contributed by atoms with E-state index in [2.05, 4.69) is 10.6 Å². The zero-order valence-corrected chi connectivity index (χ0v) is 17.3. The van der Waals surface area contributed by atoms with E-state index in [0.717, 1.165) is 38.6 Å². The van der Waals surface area contributed by atoms with Gasteiger partial charge in [0.15, 0.2) is 0 Å². The minimum absolute atomic E-state index is 0.0568. The lowest BCUT2D eigenvalue weighted by molar-refractivity contribution is -0.127. The topological polar surface area (TPSA) is 84.2 Å². The smallest absolute Gasteiger partial charge is 0.238 e. The first-order valence-corrected chi connectivity index (χ1v) is 10.8. The normalized spacial score (nSPS) is 23.5. The fourth-order valence-electron chi connectivity index (χ4n) is 3.58. The van der Waals surface area contributed by atoms with Crippen LogP contribution in [0.4, 0.5) is 0 Å². The van der Waals surface area contributed by atoms with Crippen molar-refractivity contribution in [1.29, 1.82) is 0 Å². The number of carbonyl (C=O) groups excluding carboxylic acids is 2. The summed E-state index contributed by atoms with van der Waals surface area (Å²) in [7, 11) is 0. The Hall–Kier alpha value is -0.590. The van der Waals surface area contributed by atoms with E-state index < -0.39 is 6.04 Å². The minimum atomic E-state index is -0.392. The van der Waals surface area contributed by atoms with Crippen molar-refractivity contribution in [2.75, 3.05) is 12.8 Å². The zero-order valence-electron chi connectivity index (χ0n) is 16.5. The Balaban J connectivity index is 2.69. The summed E-state index contributed by atoms with van der Waals surface area (Å²) >= 11 is 1.21. The van der Waals surface area contributed by atoms with Gasteiger partial charge in [0.05, 0.1) is 12.1 Å². The number of hydrogen-bond acceptors (Lipinski definition) is 5. The summed E-state index contributed by atoms with van der Waals surface area (Å²) in [5.74, 6) is 1.24. The molecule has 1 amide bonds. The number of thioether (sulfide) groups is 1. The van der Waals surface area contributed by atoms with Gasteiger partial charge in [-0.05, 0) is 49.8 Å². The van der Waals surface area contributed by atoms with Crippen LogP contribution < -0.4 is 16.4 Å². The standard InChI is InChI=1S/C19H37N3O2S/c1-12(2)17(21-13(3)4)18(23)22-16(19(24)25-5)10-14-6-8-15(11-20)9-7-14/h12-17,21H,6-11,20H2,1-5H3,(H,22,23)/t14?,15?,16-,17-/m0/s1. The van der Waals surface area contributed by atoms with Crippen molar-refractivity contribution in [2.45, 2.75) is 77.9 Å². The SMILES string of the molecule is CSC(=O)[C@H](CC1CCC(CN)CC1)NC(=O)[C@@H](NC(C)C)C(C)C. The first kappa shape index (κ1) is 22.5. The van der Waals surface area contributed by atoms with Crippen LogP contribution in [0.5, 0.6) is 0 Å². The fourth-order valence-corrected chi connectivity index (χ4v) is 4.02. The van der Waals surface area contributed by atoms with Gasteiger partial charge in [0, 0.05) is 6.04 Å². The van der Waals surface area contributed by atoms with Gasteiger partial charge in [0.1, 0.15) is 0 Å². The molecule has 0 spiro atoms. The highest BCUT2D eigenvalue weighted by Gasteiger charge is 2.30. The molecule has 0 radical (unpaired) electrons. The lowest BCUT2D eigenvalue weighted by Gasteiger charge is -2.31. The molecule has 1 rings (SSSR count). The number of nitrogens with one attached hydrogen (secondary N) is 2. The van der Waals surface area contributed by atoms with Crippen LogP contribution in [0.3, 0.4) is 0 Å². The first-order valence-electron chi connectivity index (χ1n) is 9.62. The van der Waals surface area contributed by atoms with Crippen molar-refractivity contribution in [3.63, 3.8) is 0 Å². The molecule has 0 aromatic carbocycles. The van der Waals surface area contributed by atoms with Gasteiger partial charge >= 0.3 is 0 Å². The number of hydrogen-bond donors (Lipinski definition) is 3. The van der Waals surface area contributed by atoms with Crippen molar-refractivity contribution in [1.82, 2.24) is 10.6 Å². The van der Waals surface area contributed by atoms with Crippen molar-refractivity contribution >= 4 is 22.8 Å². The van der Waals surface area contributed by atoms with E-state index in [1.54, 1.807) is 6.26 Å². The van der Waals surface area contributed by atoms with Crippen LogP contribution >= 0.6 is 11.8 Å². The van der Waals surface area contributed by atoms with Gasteiger partial charge in [0.2, 0.25) is 11.0 Å². The number of nitrogens with two attached hydrogens (primary N) is 1. The third-order valence-corrected chi connectivity index (χ3v) is 5.82. The van der Waals surface area contributed by atoms with Gasteiger partial charge in [-0.15, -0.1) is 0 Å². The highest BCUT2D eigenvalue weighted by molar-refractivity contribution is 8.13. The molecule has 2 atom stereocenters. The molecule has 0 aromatic heterocycles. The van der Waals surface area contributed by atoms with Gasteiger partial charge in [-0.25, -0.2) is 0 Å². The first-order chi connectivity index (χ1) is 11.8. The monoisotopic (exact) mass is 371 g/mol. The van der Waals surface area contributed by atoms with Gasteiger partial charge < -0.3 is 16.4 Å². The van der Waals surface area contributed by atoms with E-state index in [4.69, 9.17) is 5.73 Å². The van der Waals surface area contributed by atoms with Crippen molar-refractivity contribution < 1.29 is 9.59 Å². The fraction of sp³-hybridized carbons (Fsp3) is 0.895. The number of carbonyl (C=O) groups is 2. The maximum atomic E-state index is 12.7. The van der Waals surface area contributed by atoms with Crippen LogP contribution in [-0.2, 0) is 9.59 Å². The van der Waals surface area contributed by atoms with Gasteiger partial charge in [-0.3, -0.25) is 9.59 Å². The Morgan fingerprint density at radius 3 is 2.08 bits per heavy atom. The summed E-state index contributed by atoms with van der Waals surface area (Å²) in [6.45, 7) is 8.87. The summed E-state index contributed by atoms with van der Waals surface area (Å²) in [6, 6.07) is -0.443. The molecule has 5 nitrogen and oxygen atoms in total. The zero-order chi connectivity index (χ0) is 19.0. The molecule has 0 saturated heterocycles. The second-order valence-corrected chi connectivity index (χ2v) is 8.80. The van der Waals surface area contributed by atoms with Crippen LogP contribution in [0.1, 0.15) is 59.8 Å².